The van der Waals surface area contributed by atoms with Crippen molar-refractivity contribution in [3.05, 3.63) is 23.5 Å². The Hall–Kier alpha value is -1.82. The van der Waals surface area contributed by atoms with Crippen molar-refractivity contribution in [3.8, 4) is 12.3 Å². The van der Waals surface area contributed by atoms with Crippen LogP contribution in [0.3, 0.4) is 0 Å². The number of carbonyl (C=O) groups excluding carboxylic acids is 2. The van der Waals surface area contributed by atoms with Gasteiger partial charge in [0.05, 0.1) is 0 Å². The normalized spacial score (nSPS) is 18.3. The van der Waals surface area contributed by atoms with Crippen LogP contribution in [0, 0.1) is 18.3 Å². The Kier molecular flexibility index (Phi) is 2.88. The van der Waals surface area contributed by atoms with Crippen LogP contribution < -0.4 is 0 Å². The van der Waals surface area contributed by atoms with Crippen molar-refractivity contribution in [2.24, 2.45) is 5.92 Å². The Labute approximate surface area is 82.1 Å². The molecule has 1 aliphatic carbocycles. The molecule has 0 spiro atoms. The molecule has 14 heavy (non-hydrogen) atoms. The summed E-state index contributed by atoms with van der Waals surface area (Å²) in [6.45, 7) is 1.75. The molecule has 0 heterocycles. The molecule has 1 N–H and O–H groups in total. The molecule has 3 nitrogen and oxygen atoms in total. The molecule has 1 atom stereocenters. The number of carbonyl (C=O) groups is 2. The summed E-state index contributed by atoms with van der Waals surface area (Å²) in [5.74, 6) is 0.823. The van der Waals surface area contributed by atoms with Gasteiger partial charge >= 0.3 is 0 Å². The molecule has 0 aromatic heterocycles. The van der Waals surface area contributed by atoms with Crippen LogP contribution in [0.5, 0.6) is 0 Å². The lowest BCUT2D eigenvalue weighted by molar-refractivity contribution is -0.117. The number of ketones is 2. The van der Waals surface area contributed by atoms with Crippen molar-refractivity contribution in [1.29, 1.82) is 0 Å². The molecule has 0 saturated heterocycles. The average molecular weight is 190 g/mol. The Morgan fingerprint density at radius 1 is 1.50 bits per heavy atom. The van der Waals surface area contributed by atoms with E-state index in [1.165, 1.54) is 6.08 Å². The van der Waals surface area contributed by atoms with E-state index in [0.717, 1.165) is 6.08 Å². The first-order valence-corrected chi connectivity index (χ1v) is 4.20. The zero-order chi connectivity index (χ0) is 10.7. The fourth-order valence-electron chi connectivity index (χ4n) is 1.26. The molecule has 3 heteroatoms. The van der Waals surface area contributed by atoms with Crippen LogP contribution in [0.1, 0.15) is 13.3 Å². The molecular weight excluding hydrogens is 180 g/mol. The molecule has 1 rings (SSSR count). The zero-order valence-corrected chi connectivity index (χ0v) is 7.78. The molecule has 0 fully saturated rings. The fraction of sp³-hybridized carbons (Fsp3) is 0.273. The quantitative estimate of drug-likeness (QED) is 0.525. The fourth-order valence-corrected chi connectivity index (χ4v) is 1.26. The van der Waals surface area contributed by atoms with Crippen LogP contribution >= 0.6 is 0 Å². The lowest BCUT2D eigenvalue weighted by Gasteiger charge is -2.14. The second kappa shape index (κ2) is 3.93. The first-order chi connectivity index (χ1) is 6.56. The lowest BCUT2D eigenvalue weighted by Crippen LogP contribution is -2.18. The highest BCUT2D eigenvalue weighted by molar-refractivity contribution is 6.19. The summed E-state index contributed by atoms with van der Waals surface area (Å²) in [5.41, 5.74) is 0.285. The largest absolute Gasteiger partial charge is 0.504 e. The number of Topliss-reactive ketones (excluding diaryl/α,β-unsaturated/α-hetero) is 1. The first kappa shape index (κ1) is 10.3. The van der Waals surface area contributed by atoms with Crippen LogP contribution in [-0.2, 0) is 9.59 Å². The number of aliphatic hydroxyl groups is 1. The van der Waals surface area contributed by atoms with Crippen molar-refractivity contribution in [2.45, 2.75) is 13.3 Å². The van der Waals surface area contributed by atoms with Gasteiger partial charge in [0.15, 0.2) is 11.5 Å². The summed E-state index contributed by atoms with van der Waals surface area (Å²) in [6.07, 6.45) is 7.61. The highest BCUT2D eigenvalue weighted by atomic mass is 16.3. The van der Waals surface area contributed by atoms with Gasteiger partial charge in [-0.1, -0.05) is 6.92 Å². The highest BCUT2D eigenvalue weighted by Gasteiger charge is 2.24. The van der Waals surface area contributed by atoms with E-state index in [1.807, 2.05) is 0 Å². The summed E-state index contributed by atoms with van der Waals surface area (Å²) in [7, 11) is 0. The van der Waals surface area contributed by atoms with Gasteiger partial charge in [0.2, 0.25) is 5.78 Å². The molecule has 0 aromatic rings. The van der Waals surface area contributed by atoms with Gasteiger partial charge in [-0.2, -0.15) is 0 Å². The minimum atomic E-state index is -0.507. The maximum atomic E-state index is 11.4. The number of aliphatic hydroxyl groups excluding tert-OH is 1. The summed E-state index contributed by atoms with van der Waals surface area (Å²) in [5, 5.41) is 9.13. The van der Waals surface area contributed by atoms with E-state index in [2.05, 4.69) is 5.92 Å². The van der Waals surface area contributed by atoms with Crippen LogP contribution in [-0.4, -0.2) is 16.7 Å². The predicted octanol–water partition coefficient (Wildman–Crippen LogP) is 1.17. The van der Waals surface area contributed by atoms with E-state index < -0.39 is 11.5 Å². The van der Waals surface area contributed by atoms with Gasteiger partial charge in [-0.25, -0.2) is 0 Å². The molecule has 0 aliphatic heterocycles. The van der Waals surface area contributed by atoms with Crippen molar-refractivity contribution < 1.29 is 14.7 Å². The molecule has 0 radical (unpaired) electrons. The summed E-state index contributed by atoms with van der Waals surface area (Å²) in [4.78, 5) is 22.4. The molecule has 0 bridgehead atoms. The van der Waals surface area contributed by atoms with Gasteiger partial charge < -0.3 is 5.11 Å². The van der Waals surface area contributed by atoms with Gasteiger partial charge in [0, 0.05) is 18.1 Å². The highest BCUT2D eigenvalue weighted by Crippen LogP contribution is 2.21. The molecular formula is C11H10O3. The van der Waals surface area contributed by atoms with Crippen LogP contribution in [0.15, 0.2) is 23.5 Å². The van der Waals surface area contributed by atoms with Crippen molar-refractivity contribution in [3.63, 3.8) is 0 Å². The Morgan fingerprint density at radius 2 is 2.14 bits per heavy atom. The third-order valence-electron chi connectivity index (χ3n) is 2.03. The summed E-state index contributed by atoms with van der Waals surface area (Å²) in [6, 6.07) is 0. The van der Waals surface area contributed by atoms with Gasteiger partial charge in [-0.05, 0) is 12.0 Å². The van der Waals surface area contributed by atoms with Crippen molar-refractivity contribution in [2.75, 3.05) is 0 Å². The van der Waals surface area contributed by atoms with E-state index in [0.29, 0.717) is 6.42 Å². The number of hydrogen-bond donors (Lipinski definition) is 1. The second-order valence-corrected chi connectivity index (χ2v) is 3.17. The lowest BCUT2D eigenvalue weighted by atomic mass is 9.89. The van der Waals surface area contributed by atoms with Gasteiger partial charge in [0.1, 0.15) is 0 Å². The monoisotopic (exact) mass is 190 g/mol. The molecule has 0 aromatic carbocycles. The number of hydrogen-bond acceptors (Lipinski definition) is 3. The third kappa shape index (κ3) is 1.91. The van der Waals surface area contributed by atoms with Crippen molar-refractivity contribution >= 4 is 11.6 Å². The Morgan fingerprint density at radius 3 is 2.71 bits per heavy atom. The van der Waals surface area contributed by atoms with E-state index in [-0.39, 0.29) is 17.3 Å². The van der Waals surface area contributed by atoms with Crippen LogP contribution in [0.4, 0.5) is 0 Å². The first-order valence-electron chi connectivity index (χ1n) is 4.20. The Balaban J connectivity index is 2.95. The van der Waals surface area contributed by atoms with Gasteiger partial charge in [-0.3, -0.25) is 9.59 Å². The van der Waals surface area contributed by atoms with E-state index in [1.54, 1.807) is 6.92 Å². The average Bonchev–Trinajstić information content (AvgIpc) is 2.11. The minimum absolute atomic E-state index is 0.202. The van der Waals surface area contributed by atoms with Gasteiger partial charge in [-0.15, -0.1) is 12.3 Å². The van der Waals surface area contributed by atoms with Crippen LogP contribution in [0.25, 0.3) is 0 Å². The number of rotatable bonds is 2. The standard InChI is InChI=1S/C11H10O3/c1-3-4-7(2)9-5-8(12)6-10(13)11(9)14/h1,5-7,13H,4H2,2H3. The molecule has 0 saturated carbocycles. The number of terminal acetylenes is 1. The smallest absolute Gasteiger partial charge is 0.223 e. The van der Waals surface area contributed by atoms with E-state index in [9.17, 15) is 9.59 Å². The molecule has 72 valence electrons. The maximum Gasteiger partial charge on any atom is 0.223 e. The van der Waals surface area contributed by atoms with Crippen molar-refractivity contribution in [1.82, 2.24) is 0 Å². The van der Waals surface area contributed by atoms with Crippen LogP contribution in [0.2, 0.25) is 0 Å². The number of allylic oxidation sites excluding steroid dienone is 3. The Bertz CT molecular complexity index is 380. The molecule has 1 aliphatic rings. The summed E-state index contributed by atoms with van der Waals surface area (Å²) >= 11 is 0. The minimum Gasteiger partial charge on any atom is -0.504 e. The zero-order valence-electron chi connectivity index (χ0n) is 7.78. The SMILES string of the molecule is C#CCC(C)C1=CC(=O)C=C(O)C1=O. The summed E-state index contributed by atoms with van der Waals surface area (Å²) < 4.78 is 0. The van der Waals surface area contributed by atoms with Gasteiger partial charge in [0.25, 0.3) is 0 Å². The maximum absolute atomic E-state index is 11.4. The predicted molar refractivity (Wildman–Crippen MR) is 51.4 cm³/mol. The molecule has 1 unspecified atom stereocenters. The topological polar surface area (TPSA) is 54.4 Å². The molecule has 0 amide bonds. The van der Waals surface area contributed by atoms with E-state index in [4.69, 9.17) is 11.5 Å². The van der Waals surface area contributed by atoms with E-state index >= 15 is 0 Å². The second-order valence-electron chi connectivity index (χ2n) is 3.17. The third-order valence-corrected chi connectivity index (χ3v) is 2.03.